The van der Waals surface area contributed by atoms with Crippen LogP contribution in [0.5, 0.6) is 28.7 Å². The van der Waals surface area contributed by atoms with Crippen LogP contribution in [0.4, 0.5) is 4.39 Å². The Balaban J connectivity index is 1.31. The molecule has 176 valence electrons. The summed E-state index contributed by atoms with van der Waals surface area (Å²) in [6.07, 6.45) is 0.922. The fourth-order valence-corrected chi connectivity index (χ4v) is 5.39. The number of rotatable bonds is 8. The lowest BCUT2D eigenvalue weighted by molar-refractivity contribution is 0.228. The van der Waals surface area contributed by atoms with Crippen LogP contribution >= 0.6 is 11.3 Å². The van der Waals surface area contributed by atoms with Gasteiger partial charge in [0.1, 0.15) is 29.6 Å². The van der Waals surface area contributed by atoms with Crippen LogP contribution in [0.25, 0.3) is 20.5 Å². The number of ether oxygens (including phenoxy) is 2. The Kier molecular flexibility index (Phi) is 6.56. The van der Waals surface area contributed by atoms with Crippen molar-refractivity contribution in [1.82, 2.24) is 4.90 Å². The zero-order valence-corrected chi connectivity index (χ0v) is 19.4. The van der Waals surface area contributed by atoms with Gasteiger partial charge in [0.25, 0.3) is 0 Å². The van der Waals surface area contributed by atoms with Gasteiger partial charge in [0.2, 0.25) is 0 Å². The molecule has 1 aromatic heterocycles. The van der Waals surface area contributed by atoms with Crippen molar-refractivity contribution in [3.8, 4) is 39.2 Å². The molecule has 0 spiro atoms. The molecule has 1 saturated heterocycles. The summed E-state index contributed by atoms with van der Waals surface area (Å²) in [4.78, 5) is 3.16. The van der Waals surface area contributed by atoms with E-state index in [-0.39, 0.29) is 24.1 Å². The highest BCUT2D eigenvalue weighted by molar-refractivity contribution is 7.22. The second-order valence-corrected chi connectivity index (χ2v) is 9.57. The third-order valence-corrected chi connectivity index (χ3v) is 7.25. The quantitative estimate of drug-likeness (QED) is 0.304. The highest BCUT2D eigenvalue weighted by Gasteiger charge is 2.22. The first-order chi connectivity index (χ1) is 16.6. The summed E-state index contributed by atoms with van der Waals surface area (Å²) in [6.45, 7) is 2.85. The molecule has 7 heteroatoms. The number of fused-ring (bicyclic) bond motifs is 1. The standard InChI is InChI=1S/C27H26FNO4S/c28-16-18-11-12-29(17-18)13-14-32-22-6-8-23(9-7-22)33-26-24-10-5-21(31)15-25(24)34-27(26)19-1-3-20(30)4-2-19/h1-10,15,18,30-31H,11-14,16-17H2. The highest BCUT2D eigenvalue weighted by atomic mass is 32.1. The lowest BCUT2D eigenvalue weighted by Gasteiger charge is -2.16. The fourth-order valence-electron chi connectivity index (χ4n) is 4.22. The van der Waals surface area contributed by atoms with Crippen LogP contribution < -0.4 is 9.47 Å². The smallest absolute Gasteiger partial charge is 0.153 e. The van der Waals surface area contributed by atoms with E-state index in [4.69, 9.17) is 9.47 Å². The molecule has 3 aromatic carbocycles. The number of benzene rings is 3. The SMILES string of the molecule is Oc1ccc(-c2sc3cc(O)ccc3c2Oc2ccc(OCCN3CCC(CF)C3)cc2)cc1. The van der Waals surface area contributed by atoms with Crippen molar-refractivity contribution >= 4 is 21.4 Å². The van der Waals surface area contributed by atoms with E-state index in [1.54, 1.807) is 24.3 Å². The molecule has 4 aromatic rings. The Bertz CT molecular complexity index is 1260. The first-order valence-corrected chi connectivity index (χ1v) is 12.1. The molecule has 0 radical (unpaired) electrons. The number of halogens is 1. The largest absolute Gasteiger partial charge is 0.508 e. The number of hydrogen-bond donors (Lipinski definition) is 2. The van der Waals surface area contributed by atoms with Gasteiger partial charge in [0.05, 0.1) is 11.6 Å². The number of phenols is 2. The molecule has 1 fully saturated rings. The van der Waals surface area contributed by atoms with Crippen molar-refractivity contribution in [2.24, 2.45) is 5.92 Å². The minimum absolute atomic E-state index is 0.167. The first-order valence-electron chi connectivity index (χ1n) is 11.3. The van der Waals surface area contributed by atoms with Crippen LogP contribution in [0.15, 0.2) is 66.7 Å². The van der Waals surface area contributed by atoms with Gasteiger partial charge >= 0.3 is 0 Å². The third kappa shape index (κ3) is 4.95. The predicted octanol–water partition coefficient (Wildman–Crippen LogP) is 6.44. The monoisotopic (exact) mass is 479 g/mol. The van der Waals surface area contributed by atoms with Crippen molar-refractivity contribution in [2.45, 2.75) is 6.42 Å². The van der Waals surface area contributed by atoms with Crippen LogP contribution in [-0.2, 0) is 0 Å². The molecule has 2 heterocycles. The van der Waals surface area contributed by atoms with E-state index in [1.165, 1.54) is 11.3 Å². The van der Waals surface area contributed by atoms with Crippen LogP contribution in [0.2, 0.25) is 0 Å². The van der Waals surface area contributed by atoms with Crippen molar-refractivity contribution in [2.75, 3.05) is 32.9 Å². The lowest BCUT2D eigenvalue weighted by Crippen LogP contribution is -2.26. The van der Waals surface area contributed by atoms with Gasteiger partial charge in [-0.15, -0.1) is 11.3 Å². The summed E-state index contributed by atoms with van der Waals surface area (Å²) in [6, 6.07) is 19.7. The summed E-state index contributed by atoms with van der Waals surface area (Å²) >= 11 is 1.52. The average Bonchev–Trinajstić information content (AvgIpc) is 3.45. The number of alkyl halides is 1. The molecule has 1 aliphatic rings. The van der Waals surface area contributed by atoms with Gasteiger partial charge in [-0.25, -0.2) is 0 Å². The van der Waals surface area contributed by atoms with Crippen molar-refractivity contribution in [1.29, 1.82) is 0 Å². The topological polar surface area (TPSA) is 62.2 Å². The normalized spacial score (nSPS) is 16.2. The molecule has 1 aliphatic heterocycles. The number of phenolic OH excluding ortho intramolecular Hbond substituents is 2. The summed E-state index contributed by atoms with van der Waals surface area (Å²) < 4.78 is 25.9. The average molecular weight is 480 g/mol. The van der Waals surface area contributed by atoms with E-state index < -0.39 is 0 Å². The van der Waals surface area contributed by atoms with Gasteiger partial charge in [-0.2, -0.15) is 0 Å². The maximum Gasteiger partial charge on any atom is 0.153 e. The van der Waals surface area contributed by atoms with Crippen LogP contribution in [0.1, 0.15) is 6.42 Å². The van der Waals surface area contributed by atoms with Crippen molar-refractivity contribution < 1.29 is 24.1 Å². The molecule has 1 unspecified atom stereocenters. The van der Waals surface area contributed by atoms with E-state index in [0.717, 1.165) is 52.3 Å². The number of hydrogen-bond acceptors (Lipinski definition) is 6. The van der Waals surface area contributed by atoms with E-state index >= 15 is 0 Å². The molecule has 0 saturated carbocycles. The molecule has 2 N–H and O–H groups in total. The second kappa shape index (κ2) is 9.91. The number of likely N-dealkylation sites (tertiary alicyclic amines) is 1. The third-order valence-electron chi connectivity index (χ3n) is 6.07. The van der Waals surface area contributed by atoms with Crippen LogP contribution in [0, 0.1) is 5.92 Å². The highest BCUT2D eigenvalue weighted by Crippen LogP contribution is 2.47. The second-order valence-electron chi connectivity index (χ2n) is 8.52. The Labute approximate surface area is 201 Å². The maximum absolute atomic E-state index is 12.8. The van der Waals surface area contributed by atoms with Gasteiger partial charge in [-0.3, -0.25) is 9.29 Å². The number of nitrogens with zero attached hydrogens (tertiary/aromatic N) is 1. The van der Waals surface area contributed by atoms with Gasteiger partial charge in [0.15, 0.2) is 5.75 Å². The van der Waals surface area contributed by atoms with Crippen LogP contribution in [-0.4, -0.2) is 48.0 Å². The van der Waals surface area contributed by atoms with E-state index in [1.807, 2.05) is 42.5 Å². The fraction of sp³-hybridized carbons (Fsp3) is 0.259. The summed E-state index contributed by atoms with van der Waals surface area (Å²) in [5.41, 5.74) is 0.922. The van der Waals surface area contributed by atoms with E-state index in [9.17, 15) is 14.6 Å². The minimum Gasteiger partial charge on any atom is -0.508 e. The Morgan fingerprint density at radius 3 is 2.41 bits per heavy atom. The molecule has 0 bridgehead atoms. The zero-order chi connectivity index (χ0) is 23.5. The first kappa shape index (κ1) is 22.5. The Morgan fingerprint density at radius 2 is 1.68 bits per heavy atom. The van der Waals surface area contributed by atoms with E-state index in [2.05, 4.69) is 4.90 Å². The summed E-state index contributed by atoms with van der Waals surface area (Å²) in [5.74, 6) is 2.70. The number of thiophene rings is 1. The Hall–Kier alpha value is -3.29. The van der Waals surface area contributed by atoms with Gasteiger partial charge in [0, 0.05) is 29.1 Å². The van der Waals surface area contributed by atoms with Gasteiger partial charge in [-0.05, 0) is 85.3 Å². The molecular formula is C27H26FNO4S. The summed E-state index contributed by atoms with van der Waals surface area (Å²) in [7, 11) is 0. The molecule has 0 amide bonds. The number of aromatic hydroxyl groups is 2. The minimum atomic E-state index is -0.242. The predicted molar refractivity (Wildman–Crippen MR) is 133 cm³/mol. The molecule has 1 atom stereocenters. The molecule has 34 heavy (non-hydrogen) atoms. The lowest BCUT2D eigenvalue weighted by atomic mass is 10.1. The molecular weight excluding hydrogens is 453 g/mol. The Morgan fingerprint density at radius 1 is 0.941 bits per heavy atom. The van der Waals surface area contributed by atoms with Crippen molar-refractivity contribution in [3.05, 3.63) is 66.7 Å². The zero-order valence-electron chi connectivity index (χ0n) is 18.6. The summed E-state index contributed by atoms with van der Waals surface area (Å²) in [5, 5.41) is 20.5. The van der Waals surface area contributed by atoms with Crippen LogP contribution in [0.3, 0.4) is 0 Å². The molecule has 5 rings (SSSR count). The van der Waals surface area contributed by atoms with E-state index in [0.29, 0.717) is 18.1 Å². The molecule has 0 aliphatic carbocycles. The van der Waals surface area contributed by atoms with Crippen molar-refractivity contribution in [3.63, 3.8) is 0 Å². The van der Waals surface area contributed by atoms with Gasteiger partial charge in [-0.1, -0.05) is 0 Å². The molecule has 5 nitrogen and oxygen atoms in total. The maximum atomic E-state index is 12.8. The van der Waals surface area contributed by atoms with Gasteiger partial charge < -0.3 is 19.7 Å².